The summed E-state index contributed by atoms with van der Waals surface area (Å²) in [4.78, 5) is 8.24. The molecule has 0 N–H and O–H groups in total. The van der Waals surface area contributed by atoms with Gasteiger partial charge in [-0.25, -0.2) is 0 Å². The van der Waals surface area contributed by atoms with Gasteiger partial charge in [-0.05, 0) is 83.2 Å². The first-order chi connectivity index (χ1) is 13.5. The molecule has 2 saturated heterocycles. The molecule has 164 valence electrons. The summed E-state index contributed by atoms with van der Waals surface area (Å²) in [6.45, 7) is 18.0. The first kappa shape index (κ1) is 22.5. The molecule has 1 aliphatic carbocycles. The van der Waals surface area contributed by atoms with E-state index in [9.17, 15) is 0 Å². The van der Waals surface area contributed by atoms with Gasteiger partial charge in [0.25, 0.3) is 0 Å². The van der Waals surface area contributed by atoms with E-state index in [4.69, 9.17) is 4.74 Å². The van der Waals surface area contributed by atoms with Crippen molar-refractivity contribution >= 4 is 0 Å². The van der Waals surface area contributed by atoms with Gasteiger partial charge in [-0.2, -0.15) is 0 Å². The molecule has 2 aliphatic heterocycles. The lowest BCUT2D eigenvalue weighted by Gasteiger charge is -2.47. The van der Waals surface area contributed by atoms with E-state index >= 15 is 0 Å². The van der Waals surface area contributed by atoms with E-state index in [1.165, 1.54) is 77.8 Å². The van der Waals surface area contributed by atoms with Crippen LogP contribution in [0.5, 0.6) is 0 Å². The fourth-order valence-electron chi connectivity index (χ4n) is 5.96. The smallest absolute Gasteiger partial charge is 0.0630 e. The minimum absolute atomic E-state index is 0.588. The largest absolute Gasteiger partial charge is 0.383 e. The van der Waals surface area contributed by atoms with E-state index < -0.39 is 0 Å². The lowest BCUT2D eigenvalue weighted by Crippen LogP contribution is -2.59. The predicted octanol–water partition coefficient (Wildman–Crippen LogP) is 3.95. The molecule has 0 aromatic carbocycles. The Bertz CT molecular complexity index is 439. The van der Waals surface area contributed by atoms with Crippen LogP contribution >= 0.6 is 0 Å². The molecule has 0 aromatic rings. The Balaban J connectivity index is 1.48. The zero-order chi connectivity index (χ0) is 20.1. The van der Waals surface area contributed by atoms with Crippen molar-refractivity contribution in [3.8, 4) is 0 Å². The average Bonchev–Trinajstić information content (AvgIpc) is 2.70. The zero-order valence-electron chi connectivity index (χ0n) is 19.4. The fourth-order valence-corrected chi connectivity index (χ4v) is 5.96. The zero-order valence-corrected chi connectivity index (χ0v) is 19.4. The van der Waals surface area contributed by atoms with Crippen LogP contribution in [0.2, 0.25) is 0 Å². The van der Waals surface area contributed by atoms with Gasteiger partial charge in [-0.1, -0.05) is 13.8 Å². The molecule has 4 nitrogen and oxygen atoms in total. The summed E-state index contributed by atoms with van der Waals surface area (Å²) >= 11 is 0. The van der Waals surface area contributed by atoms with Crippen molar-refractivity contribution in [2.24, 2.45) is 17.8 Å². The van der Waals surface area contributed by atoms with Gasteiger partial charge < -0.3 is 9.64 Å². The van der Waals surface area contributed by atoms with Crippen LogP contribution in [0.1, 0.15) is 66.2 Å². The maximum atomic E-state index is 5.66. The molecule has 0 unspecified atom stereocenters. The highest BCUT2D eigenvalue weighted by Crippen LogP contribution is 2.33. The van der Waals surface area contributed by atoms with Gasteiger partial charge in [0, 0.05) is 51.4 Å². The number of piperazine rings is 1. The van der Waals surface area contributed by atoms with Crippen LogP contribution in [0, 0.1) is 17.8 Å². The normalized spacial score (nSPS) is 32.5. The number of hydrogen-bond donors (Lipinski definition) is 0. The highest BCUT2D eigenvalue weighted by Gasteiger charge is 2.34. The molecule has 28 heavy (non-hydrogen) atoms. The van der Waals surface area contributed by atoms with Crippen LogP contribution in [0.3, 0.4) is 0 Å². The summed E-state index contributed by atoms with van der Waals surface area (Å²) in [5, 5.41) is 0. The number of hydrogen-bond acceptors (Lipinski definition) is 4. The molecule has 0 bridgehead atoms. The van der Waals surface area contributed by atoms with Crippen molar-refractivity contribution in [2.45, 2.75) is 84.3 Å². The van der Waals surface area contributed by atoms with Gasteiger partial charge in [-0.3, -0.25) is 9.80 Å². The van der Waals surface area contributed by atoms with E-state index in [-0.39, 0.29) is 0 Å². The van der Waals surface area contributed by atoms with E-state index in [1.807, 2.05) is 7.11 Å². The van der Waals surface area contributed by atoms with Gasteiger partial charge in [0.05, 0.1) is 6.61 Å². The standard InChI is InChI=1S/C24H47N3O/c1-19(2)22-6-8-23(9-7-22)27-15-14-26(24(17-27)18-28-5)16-21-10-12-25(13-11-21)20(3)4/h19-24H,6-18H2,1-5H3/t22?,23?,24-/m0/s1. The third kappa shape index (κ3) is 5.93. The molecular weight excluding hydrogens is 346 g/mol. The van der Waals surface area contributed by atoms with Crippen molar-refractivity contribution in [3.63, 3.8) is 0 Å². The molecule has 0 aromatic heterocycles. The van der Waals surface area contributed by atoms with Crippen molar-refractivity contribution in [3.05, 3.63) is 0 Å². The van der Waals surface area contributed by atoms with Crippen molar-refractivity contribution in [1.82, 2.24) is 14.7 Å². The van der Waals surface area contributed by atoms with Crippen LogP contribution in [0.25, 0.3) is 0 Å². The second-order valence-electron chi connectivity index (χ2n) is 10.5. The lowest BCUT2D eigenvalue weighted by molar-refractivity contribution is -0.0135. The summed E-state index contributed by atoms with van der Waals surface area (Å²) in [7, 11) is 1.88. The van der Waals surface area contributed by atoms with Gasteiger partial charge >= 0.3 is 0 Å². The summed E-state index contributed by atoms with van der Waals surface area (Å²) in [5.74, 6) is 2.70. The van der Waals surface area contributed by atoms with Crippen molar-refractivity contribution in [2.75, 3.05) is 53.0 Å². The van der Waals surface area contributed by atoms with Gasteiger partial charge in [0.1, 0.15) is 0 Å². The fraction of sp³-hybridized carbons (Fsp3) is 1.00. The SMILES string of the molecule is COC[C@@H]1CN(C2CCC(C(C)C)CC2)CCN1CC1CCN(C(C)C)CC1. The number of nitrogens with zero attached hydrogens (tertiary/aromatic N) is 3. The number of methoxy groups -OCH3 is 1. The topological polar surface area (TPSA) is 19.0 Å². The molecular formula is C24H47N3O. The molecule has 2 heterocycles. The van der Waals surface area contributed by atoms with E-state index in [1.54, 1.807) is 0 Å². The number of rotatable bonds is 7. The summed E-state index contributed by atoms with van der Waals surface area (Å²) in [5.41, 5.74) is 0. The third-order valence-corrected chi connectivity index (χ3v) is 8.07. The Morgan fingerprint density at radius 1 is 0.857 bits per heavy atom. The quantitative estimate of drug-likeness (QED) is 0.652. The molecule has 1 atom stereocenters. The van der Waals surface area contributed by atoms with Crippen molar-refractivity contribution in [1.29, 1.82) is 0 Å². The van der Waals surface area contributed by atoms with Crippen LogP contribution in [0.15, 0.2) is 0 Å². The van der Waals surface area contributed by atoms with Gasteiger partial charge in [-0.15, -0.1) is 0 Å². The highest BCUT2D eigenvalue weighted by molar-refractivity contribution is 4.90. The Morgan fingerprint density at radius 3 is 2.11 bits per heavy atom. The maximum Gasteiger partial charge on any atom is 0.0630 e. The minimum Gasteiger partial charge on any atom is -0.383 e. The Kier molecular flexibility index (Phi) is 8.64. The maximum absolute atomic E-state index is 5.66. The molecule has 0 amide bonds. The molecule has 1 saturated carbocycles. The number of ether oxygens (including phenoxy) is 1. The first-order valence-electron chi connectivity index (χ1n) is 12.2. The van der Waals surface area contributed by atoms with E-state index in [0.717, 1.165) is 30.4 Å². The third-order valence-electron chi connectivity index (χ3n) is 8.07. The van der Waals surface area contributed by atoms with Crippen LogP contribution in [-0.4, -0.2) is 85.8 Å². The molecule has 0 spiro atoms. The summed E-state index contributed by atoms with van der Waals surface area (Å²) < 4.78 is 5.66. The molecule has 4 heteroatoms. The monoisotopic (exact) mass is 393 g/mol. The van der Waals surface area contributed by atoms with E-state index in [2.05, 4.69) is 42.4 Å². The van der Waals surface area contributed by atoms with Crippen LogP contribution < -0.4 is 0 Å². The summed E-state index contributed by atoms with van der Waals surface area (Å²) in [6.07, 6.45) is 8.44. The average molecular weight is 394 g/mol. The Morgan fingerprint density at radius 2 is 1.54 bits per heavy atom. The predicted molar refractivity (Wildman–Crippen MR) is 119 cm³/mol. The van der Waals surface area contributed by atoms with Crippen LogP contribution in [0.4, 0.5) is 0 Å². The Hall–Kier alpha value is -0.160. The highest BCUT2D eigenvalue weighted by atomic mass is 16.5. The Labute approximate surface area is 175 Å². The molecule has 3 aliphatic rings. The molecule has 3 fully saturated rings. The number of piperidine rings is 1. The lowest BCUT2D eigenvalue weighted by atomic mass is 9.79. The molecule has 3 rings (SSSR count). The van der Waals surface area contributed by atoms with E-state index in [0.29, 0.717) is 12.1 Å². The summed E-state index contributed by atoms with van der Waals surface area (Å²) in [6, 6.07) is 2.12. The molecule has 0 radical (unpaired) electrons. The number of likely N-dealkylation sites (tertiary alicyclic amines) is 1. The first-order valence-corrected chi connectivity index (χ1v) is 12.2. The van der Waals surface area contributed by atoms with Gasteiger partial charge in [0.15, 0.2) is 0 Å². The van der Waals surface area contributed by atoms with Crippen molar-refractivity contribution < 1.29 is 4.74 Å². The second-order valence-corrected chi connectivity index (χ2v) is 10.5. The van der Waals surface area contributed by atoms with Gasteiger partial charge in [0.2, 0.25) is 0 Å². The van der Waals surface area contributed by atoms with Crippen LogP contribution in [-0.2, 0) is 4.74 Å². The second kappa shape index (κ2) is 10.7. The minimum atomic E-state index is 0.588.